The molecule has 0 fully saturated rings. The molecule has 0 saturated carbocycles. The van der Waals surface area contributed by atoms with E-state index in [0.29, 0.717) is 0 Å². The predicted molar refractivity (Wildman–Crippen MR) is 66.5 cm³/mol. The molecule has 0 bridgehead atoms. The molecule has 86 valence electrons. The number of azo groups is 1. The molecule has 0 atom stereocenters. The van der Waals surface area contributed by atoms with Crippen molar-refractivity contribution in [3.05, 3.63) is 59.4 Å². The van der Waals surface area contributed by atoms with Crippen LogP contribution in [0.1, 0.15) is 11.1 Å². The molecule has 17 heavy (non-hydrogen) atoms. The Morgan fingerprint density at radius 3 is 2.41 bits per heavy atom. The minimum absolute atomic E-state index is 0.270. The Hall–Kier alpha value is -2.03. The Morgan fingerprint density at radius 2 is 1.65 bits per heavy atom. The van der Waals surface area contributed by atoms with Gasteiger partial charge in [0.05, 0.1) is 5.69 Å². The number of nitrogens with zero attached hydrogens (tertiary/aromatic N) is 2. The molecule has 0 heterocycles. The highest BCUT2D eigenvalue weighted by molar-refractivity contribution is 5.43. The Morgan fingerprint density at radius 1 is 0.882 bits per heavy atom. The molecule has 0 unspecified atom stereocenters. The molecular weight excluding hydrogens is 215 g/mol. The van der Waals surface area contributed by atoms with E-state index in [1.807, 2.05) is 38.1 Å². The zero-order valence-electron chi connectivity index (χ0n) is 9.81. The molecule has 2 aromatic carbocycles. The van der Waals surface area contributed by atoms with Crippen LogP contribution in [0.15, 0.2) is 52.7 Å². The SMILES string of the molecule is Cc1cccc(N=Nc2cc(C)ccc2F)c1. The zero-order valence-corrected chi connectivity index (χ0v) is 9.81. The van der Waals surface area contributed by atoms with Crippen LogP contribution in [0, 0.1) is 19.7 Å². The number of hydrogen-bond donors (Lipinski definition) is 0. The van der Waals surface area contributed by atoms with E-state index in [9.17, 15) is 4.39 Å². The van der Waals surface area contributed by atoms with Crippen molar-refractivity contribution in [3.63, 3.8) is 0 Å². The highest BCUT2D eigenvalue weighted by Crippen LogP contribution is 2.22. The van der Waals surface area contributed by atoms with Gasteiger partial charge in [-0.15, -0.1) is 5.11 Å². The molecule has 0 aliphatic heterocycles. The third-order valence-corrected chi connectivity index (χ3v) is 2.38. The third-order valence-electron chi connectivity index (χ3n) is 2.38. The lowest BCUT2D eigenvalue weighted by atomic mass is 10.2. The van der Waals surface area contributed by atoms with Crippen LogP contribution in [0.5, 0.6) is 0 Å². The topological polar surface area (TPSA) is 24.7 Å². The fraction of sp³-hybridized carbons (Fsp3) is 0.143. The summed E-state index contributed by atoms with van der Waals surface area (Å²) in [6.07, 6.45) is 0. The van der Waals surface area contributed by atoms with Gasteiger partial charge in [0.1, 0.15) is 5.69 Å². The molecule has 0 amide bonds. The lowest BCUT2D eigenvalue weighted by molar-refractivity contribution is 0.628. The van der Waals surface area contributed by atoms with Gasteiger partial charge in [-0.25, -0.2) is 4.39 Å². The Labute approximate surface area is 99.8 Å². The van der Waals surface area contributed by atoms with E-state index in [0.717, 1.165) is 16.8 Å². The summed E-state index contributed by atoms with van der Waals surface area (Å²) < 4.78 is 13.4. The first kappa shape index (κ1) is 11.5. The van der Waals surface area contributed by atoms with E-state index in [1.54, 1.807) is 12.1 Å². The van der Waals surface area contributed by atoms with Crippen LogP contribution in [-0.4, -0.2) is 0 Å². The summed E-state index contributed by atoms with van der Waals surface area (Å²) in [7, 11) is 0. The monoisotopic (exact) mass is 228 g/mol. The molecule has 0 aliphatic rings. The molecule has 2 nitrogen and oxygen atoms in total. The smallest absolute Gasteiger partial charge is 0.150 e. The maximum absolute atomic E-state index is 13.4. The van der Waals surface area contributed by atoms with E-state index in [4.69, 9.17) is 0 Å². The number of rotatable bonds is 2. The summed E-state index contributed by atoms with van der Waals surface area (Å²) in [5.74, 6) is -0.355. The van der Waals surface area contributed by atoms with Gasteiger partial charge in [-0.3, -0.25) is 0 Å². The number of halogens is 1. The molecule has 0 spiro atoms. The van der Waals surface area contributed by atoms with Crippen LogP contribution < -0.4 is 0 Å². The van der Waals surface area contributed by atoms with Gasteiger partial charge in [0.15, 0.2) is 5.82 Å². The Bertz CT molecular complexity index is 562. The molecule has 0 radical (unpaired) electrons. The number of aryl methyl sites for hydroxylation is 2. The van der Waals surface area contributed by atoms with Crippen LogP contribution in [-0.2, 0) is 0 Å². The van der Waals surface area contributed by atoms with Gasteiger partial charge < -0.3 is 0 Å². The standard InChI is InChI=1S/C14H13FN2/c1-10-4-3-5-12(8-10)16-17-14-9-11(2)6-7-13(14)15/h3-9H,1-2H3. The quantitative estimate of drug-likeness (QED) is 0.656. The van der Waals surface area contributed by atoms with Crippen LogP contribution in [0.3, 0.4) is 0 Å². The molecule has 2 rings (SSSR count). The first-order chi connectivity index (χ1) is 8.15. The fourth-order valence-corrected chi connectivity index (χ4v) is 1.50. The third kappa shape index (κ3) is 2.97. The normalized spacial score (nSPS) is 11.0. The molecular formula is C14H13FN2. The van der Waals surface area contributed by atoms with Gasteiger partial charge >= 0.3 is 0 Å². The summed E-state index contributed by atoms with van der Waals surface area (Å²) in [5.41, 5.74) is 3.06. The number of hydrogen-bond acceptors (Lipinski definition) is 2. The van der Waals surface area contributed by atoms with E-state index in [-0.39, 0.29) is 11.5 Å². The van der Waals surface area contributed by atoms with Gasteiger partial charge in [0.2, 0.25) is 0 Å². The summed E-state index contributed by atoms with van der Waals surface area (Å²) in [6.45, 7) is 3.87. The lowest BCUT2D eigenvalue weighted by Gasteiger charge is -1.98. The number of benzene rings is 2. The largest absolute Gasteiger partial charge is 0.205 e. The highest BCUT2D eigenvalue weighted by Gasteiger charge is 2.00. The van der Waals surface area contributed by atoms with E-state index < -0.39 is 0 Å². The minimum Gasteiger partial charge on any atom is -0.205 e. The molecule has 0 N–H and O–H groups in total. The van der Waals surface area contributed by atoms with Gasteiger partial charge in [0.25, 0.3) is 0 Å². The van der Waals surface area contributed by atoms with Gasteiger partial charge in [0, 0.05) is 0 Å². The maximum Gasteiger partial charge on any atom is 0.150 e. The van der Waals surface area contributed by atoms with Crippen LogP contribution in [0.4, 0.5) is 15.8 Å². The minimum atomic E-state index is -0.355. The van der Waals surface area contributed by atoms with E-state index >= 15 is 0 Å². The second-order valence-electron chi connectivity index (χ2n) is 3.99. The van der Waals surface area contributed by atoms with Gasteiger partial charge in [-0.05, 0) is 49.2 Å². The summed E-state index contributed by atoms with van der Waals surface area (Å²) in [6, 6.07) is 12.4. The van der Waals surface area contributed by atoms with Gasteiger partial charge in [-0.2, -0.15) is 5.11 Å². The van der Waals surface area contributed by atoms with Gasteiger partial charge in [-0.1, -0.05) is 18.2 Å². The molecule has 3 heteroatoms. The Kier molecular flexibility index (Phi) is 3.28. The summed E-state index contributed by atoms with van der Waals surface area (Å²) in [5, 5.41) is 7.95. The average Bonchev–Trinajstić information content (AvgIpc) is 2.30. The molecule has 0 aliphatic carbocycles. The van der Waals surface area contributed by atoms with Crippen LogP contribution in [0.25, 0.3) is 0 Å². The highest BCUT2D eigenvalue weighted by atomic mass is 19.1. The van der Waals surface area contributed by atoms with E-state index in [1.165, 1.54) is 6.07 Å². The van der Waals surface area contributed by atoms with Crippen molar-refractivity contribution in [3.8, 4) is 0 Å². The van der Waals surface area contributed by atoms with Crippen molar-refractivity contribution in [2.24, 2.45) is 10.2 Å². The molecule has 0 aromatic heterocycles. The van der Waals surface area contributed by atoms with Crippen molar-refractivity contribution in [2.75, 3.05) is 0 Å². The molecule has 0 saturated heterocycles. The lowest BCUT2D eigenvalue weighted by Crippen LogP contribution is -1.77. The first-order valence-corrected chi connectivity index (χ1v) is 5.40. The van der Waals surface area contributed by atoms with E-state index in [2.05, 4.69) is 10.2 Å². The van der Waals surface area contributed by atoms with Crippen molar-refractivity contribution in [1.82, 2.24) is 0 Å². The van der Waals surface area contributed by atoms with Crippen molar-refractivity contribution in [1.29, 1.82) is 0 Å². The second kappa shape index (κ2) is 4.87. The van der Waals surface area contributed by atoms with Crippen molar-refractivity contribution >= 4 is 11.4 Å². The Balaban J connectivity index is 2.29. The average molecular weight is 228 g/mol. The summed E-state index contributed by atoms with van der Waals surface area (Å²) in [4.78, 5) is 0. The van der Waals surface area contributed by atoms with Crippen molar-refractivity contribution < 1.29 is 4.39 Å². The maximum atomic E-state index is 13.4. The van der Waals surface area contributed by atoms with Crippen LogP contribution >= 0.6 is 0 Å². The fourth-order valence-electron chi connectivity index (χ4n) is 1.50. The second-order valence-corrected chi connectivity index (χ2v) is 3.99. The first-order valence-electron chi connectivity index (χ1n) is 5.40. The van der Waals surface area contributed by atoms with Crippen molar-refractivity contribution in [2.45, 2.75) is 13.8 Å². The summed E-state index contributed by atoms with van der Waals surface area (Å²) >= 11 is 0. The van der Waals surface area contributed by atoms with Crippen LogP contribution in [0.2, 0.25) is 0 Å². The predicted octanol–water partition coefficient (Wildman–Crippen LogP) is 4.86. The molecule has 2 aromatic rings. The zero-order chi connectivity index (χ0) is 12.3.